The summed E-state index contributed by atoms with van der Waals surface area (Å²) in [7, 11) is 0. The summed E-state index contributed by atoms with van der Waals surface area (Å²) >= 11 is 0. The van der Waals surface area contributed by atoms with Crippen LogP contribution in [0.5, 0.6) is 0 Å². The molecule has 2 rings (SSSR count). The molecule has 19 heavy (non-hydrogen) atoms. The molecule has 0 radical (unpaired) electrons. The minimum absolute atomic E-state index is 0.00420. The van der Waals surface area contributed by atoms with Crippen molar-refractivity contribution in [1.29, 1.82) is 0 Å². The van der Waals surface area contributed by atoms with Gasteiger partial charge in [-0.05, 0) is 12.0 Å². The van der Waals surface area contributed by atoms with Gasteiger partial charge in [0, 0.05) is 12.4 Å². The van der Waals surface area contributed by atoms with E-state index in [-0.39, 0.29) is 18.5 Å². The normalized spacial score (nSPS) is 12.6. The molecule has 0 saturated heterocycles. The van der Waals surface area contributed by atoms with Crippen LogP contribution in [0.25, 0.3) is 0 Å². The lowest BCUT2D eigenvalue weighted by Crippen LogP contribution is -2.43. The molecule has 1 unspecified atom stereocenters. The highest BCUT2D eigenvalue weighted by Gasteiger charge is 2.17. The van der Waals surface area contributed by atoms with Crippen LogP contribution in [0.2, 0.25) is 0 Å². The van der Waals surface area contributed by atoms with Gasteiger partial charge in [-0.1, -0.05) is 13.8 Å². The minimum atomic E-state index is -0.0606. The quantitative estimate of drug-likeness (QED) is 0.813. The van der Waals surface area contributed by atoms with Crippen molar-refractivity contribution in [1.82, 2.24) is 30.1 Å². The van der Waals surface area contributed by atoms with Gasteiger partial charge in [0.25, 0.3) is 0 Å². The van der Waals surface area contributed by atoms with Crippen molar-refractivity contribution in [3.63, 3.8) is 0 Å². The number of amides is 1. The highest BCUT2D eigenvalue weighted by molar-refractivity contribution is 5.75. The lowest BCUT2D eigenvalue weighted by Gasteiger charge is -2.21. The van der Waals surface area contributed by atoms with E-state index in [0.717, 1.165) is 0 Å². The molecule has 0 spiro atoms. The van der Waals surface area contributed by atoms with E-state index in [9.17, 15) is 4.79 Å². The third kappa shape index (κ3) is 3.90. The number of hydrogen-bond donors (Lipinski definition) is 1. The Labute approximate surface area is 111 Å². The number of nitrogens with one attached hydrogen (secondary N) is 1. The first-order valence-electron chi connectivity index (χ1n) is 6.26. The SMILES string of the molecule is CC(C)C(Cn1nccn1)NC(=O)Cn1cccn1. The molecule has 0 saturated carbocycles. The van der Waals surface area contributed by atoms with Gasteiger partial charge >= 0.3 is 0 Å². The molecule has 1 amide bonds. The maximum Gasteiger partial charge on any atom is 0.242 e. The molecule has 2 aromatic heterocycles. The Kier molecular flexibility index (Phi) is 4.27. The number of hydrogen-bond acceptors (Lipinski definition) is 4. The highest BCUT2D eigenvalue weighted by Crippen LogP contribution is 2.04. The zero-order chi connectivity index (χ0) is 13.7. The predicted molar refractivity (Wildman–Crippen MR) is 69.0 cm³/mol. The predicted octanol–water partition coefficient (Wildman–Crippen LogP) is 0.316. The molecule has 0 fully saturated rings. The van der Waals surface area contributed by atoms with Gasteiger partial charge < -0.3 is 5.32 Å². The first-order chi connectivity index (χ1) is 9.15. The zero-order valence-corrected chi connectivity index (χ0v) is 11.1. The van der Waals surface area contributed by atoms with Crippen molar-refractivity contribution in [3.05, 3.63) is 30.9 Å². The maximum atomic E-state index is 11.9. The Morgan fingerprint density at radius 2 is 1.95 bits per heavy atom. The minimum Gasteiger partial charge on any atom is -0.350 e. The summed E-state index contributed by atoms with van der Waals surface area (Å²) in [6.07, 6.45) is 6.67. The van der Waals surface area contributed by atoms with Gasteiger partial charge in [0.05, 0.1) is 25.0 Å². The summed E-state index contributed by atoms with van der Waals surface area (Å²) in [6.45, 7) is 4.91. The second-order valence-corrected chi connectivity index (χ2v) is 4.71. The van der Waals surface area contributed by atoms with E-state index >= 15 is 0 Å². The van der Waals surface area contributed by atoms with Crippen LogP contribution >= 0.6 is 0 Å². The summed E-state index contributed by atoms with van der Waals surface area (Å²) in [5.41, 5.74) is 0. The molecule has 2 aromatic rings. The van der Waals surface area contributed by atoms with Gasteiger partial charge in [-0.15, -0.1) is 0 Å². The number of nitrogens with zero attached hydrogens (tertiary/aromatic N) is 5. The van der Waals surface area contributed by atoms with Gasteiger partial charge in [0.2, 0.25) is 5.91 Å². The number of carbonyl (C=O) groups excluding carboxylic acids is 1. The van der Waals surface area contributed by atoms with Crippen LogP contribution in [0.15, 0.2) is 30.9 Å². The maximum absolute atomic E-state index is 11.9. The first-order valence-corrected chi connectivity index (χ1v) is 6.26. The lowest BCUT2D eigenvalue weighted by molar-refractivity contribution is -0.123. The Morgan fingerprint density at radius 3 is 2.53 bits per heavy atom. The molecule has 2 heterocycles. The van der Waals surface area contributed by atoms with Crippen LogP contribution in [0, 0.1) is 5.92 Å². The van der Waals surface area contributed by atoms with Gasteiger partial charge in [0.1, 0.15) is 6.54 Å². The van der Waals surface area contributed by atoms with E-state index in [2.05, 4.69) is 34.5 Å². The second kappa shape index (κ2) is 6.12. The van der Waals surface area contributed by atoms with Crippen LogP contribution in [-0.2, 0) is 17.9 Å². The van der Waals surface area contributed by atoms with Crippen molar-refractivity contribution < 1.29 is 4.79 Å². The van der Waals surface area contributed by atoms with Crippen LogP contribution in [-0.4, -0.2) is 36.7 Å². The zero-order valence-electron chi connectivity index (χ0n) is 11.1. The van der Waals surface area contributed by atoms with Crippen LogP contribution in [0.3, 0.4) is 0 Å². The molecular formula is C12H18N6O. The summed E-state index contributed by atoms with van der Waals surface area (Å²) in [5.74, 6) is 0.238. The Morgan fingerprint density at radius 1 is 1.21 bits per heavy atom. The standard InChI is InChI=1S/C12H18N6O/c1-10(2)11(8-18-14-5-6-15-18)16-12(19)9-17-7-3-4-13-17/h3-7,10-11H,8-9H2,1-2H3,(H,16,19). The average Bonchev–Trinajstić information content (AvgIpc) is 3.00. The molecule has 0 bridgehead atoms. The molecule has 1 N–H and O–H groups in total. The smallest absolute Gasteiger partial charge is 0.242 e. The van der Waals surface area contributed by atoms with Crippen LogP contribution in [0.1, 0.15) is 13.8 Å². The largest absolute Gasteiger partial charge is 0.350 e. The lowest BCUT2D eigenvalue weighted by atomic mass is 10.0. The Hall–Kier alpha value is -2.18. The van der Waals surface area contributed by atoms with Crippen molar-refractivity contribution in [2.24, 2.45) is 5.92 Å². The molecular weight excluding hydrogens is 244 g/mol. The van der Waals surface area contributed by atoms with Gasteiger partial charge in [-0.2, -0.15) is 20.1 Å². The van der Waals surface area contributed by atoms with E-state index < -0.39 is 0 Å². The van der Waals surface area contributed by atoms with Gasteiger partial charge in [0.15, 0.2) is 0 Å². The molecule has 0 aliphatic carbocycles. The van der Waals surface area contributed by atoms with E-state index in [1.807, 2.05) is 0 Å². The van der Waals surface area contributed by atoms with E-state index in [4.69, 9.17) is 0 Å². The molecule has 7 heteroatoms. The summed E-state index contributed by atoms with van der Waals surface area (Å²) in [5, 5.41) is 15.1. The number of rotatable bonds is 6. The van der Waals surface area contributed by atoms with Crippen molar-refractivity contribution in [3.8, 4) is 0 Å². The molecule has 0 aromatic carbocycles. The fourth-order valence-corrected chi connectivity index (χ4v) is 1.73. The molecule has 1 atom stereocenters. The average molecular weight is 262 g/mol. The van der Waals surface area contributed by atoms with Crippen molar-refractivity contribution in [2.75, 3.05) is 0 Å². The fraction of sp³-hybridized carbons (Fsp3) is 0.500. The number of carbonyl (C=O) groups is 1. The Bertz CT molecular complexity index is 490. The van der Waals surface area contributed by atoms with Gasteiger partial charge in [-0.3, -0.25) is 9.48 Å². The fourth-order valence-electron chi connectivity index (χ4n) is 1.73. The topological polar surface area (TPSA) is 77.6 Å². The van der Waals surface area contributed by atoms with E-state index in [1.54, 1.807) is 40.3 Å². The van der Waals surface area contributed by atoms with Crippen LogP contribution < -0.4 is 5.32 Å². The molecule has 102 valence electrons. The monoisotopic (exact) mass is 262 g/mol. The third-order valence-electron chi connectivity index (χ3n) is 2.84. The summed E-state index contributed by atoms with van der Waals surface area (Å²) in [4.78, 5) is 13.5. The van der Waals surface area contributed by atoms with E-state index in [1.165, 1.54) is 0 Å². The van der Waals surface area contributed by atoms with Crippen LogP contribution in [0.4, 0.5) is 0 Å². The first kappa shape index (κ1) is 13.3. The third-order valence-corrected chi connectivity index (χ3v) is 2.84. The van der Waals surface area contributed by atoms with Crippen molar-refractivity contribution in [2.45, 2.75) is 33.0 Å². The summed E-state index contributed by atoms with van der Waals surface area (Å²) < 4.78 is 1.60. The molecule has 0 aliphatic rings. The highest BCUT2D eigenvalue weighted by atomic mass is 16.2. The van der Waals surface area contributed by atoms with E-state index in [0.29, 0.717) is 12.5 Å². The Balaban J connectivity index is 1.91. The summed E-state index contributed by atoms with van der Waals surface area (Å²) in [6, 6.07) is 1.79. The molecule has 7 nitrogen and oxygen atoms in total. The van der Waals surface area contributed by atoms with Gasteiger partial charge in [-0.25, -0.2) is 0 Å². The second-order valence-electron chi connectivity index (χ2n) is 4.71. The number of aromatic nitrogens is 5. The molecule has 0 aliphatic heterocycles. The van der Waals surface area contributed by atoms with Crippen molar-refractivity contribution >= 4 is 5.91 Å².